The van der Waals surface area contributed by atoms with Gasteiger partial charge in [-0.3, -0.25) is 10.0 Å². The first-order valence-corrected chi connectivity index (χ1v) is 7.90. The zero-order valence-electron chi connectivity index (χ0n) is 14.2. The maximum absolute atomic E-state index is 11.6. The molecule has 0 aromatic heterocycles. The summed E-state index contributed by atoms with van der Waals surface area (Å²) in [6.07, 6.45) is 7.27. The molecule has 0 aliphatic heterocycles. The number of hydrogen-bond acceptors (Lipinski definition) is 4. The van der Waals surface area contributed by atoms with E-state index >= 15 is 0 Å². The number of nitrogens with zero attached hydrogens (tertiary/aromatic N) is 1. The third-order valence-electron chi connectivity index (χ3n) is 2.70. The number of carbonyl (C=O) groups is 2. The summed E-state index contributed by atoms with van der Waals surface area (Å²) in [4.78, 5) is 22.9. The van der Waals surface area contributed by atoms with Gasteiger partial charge < -0.3 is 10.1 Å². The molecule has 0 spiro atoms. The third kappa shape index (κ3) is 12.2. The maximum Gasteiger partial charge on any atom is 0.407 e. The second-order valence-corrected chi connectivity index (χ2v) is 6.14. The Morgan fingerprint density at radius 2 is 1.91 bits per heavy atom. The molecule has 0 atom stereocenters. The molecule has 22 heavy (non-hydrogen) atoms. The van der Waals surface area contributed by atoms with Crippen molar-refractivity contribution in [1.29, 1.82) is 0 Å². The van der Waals surface area contributed by atoms with Crippen LogP contribution in [0.25, 0.3) is 0 Å². The molecule has 0 bridgehead atoms. The van der Waals surface area contributed by atoms with Gasteiger partial charge in [0.25, 0.3) is 5.91 Å². The van der Waals surface area contributed by atoms with Crippen molar-refractivity contribution < 1.29 is 19.5 Å². The van der Waals surface area contributed by atoms with Gasteiger partial charge in [-0.25, -0.2) is 9.86 Å². The fourth-order valence-electron chi connectivity index (χ4n) is 1.63. The van der Waals surface area contributed by atoms with E-state index in [1.165, 1.54) is 6.08 Å². The van der Waals surface area contributed by atoms with Crippen molar-refractivity contribution in [2.75, 3.05) is 13.1 Å². The van der Waals surface area contributed by atoms with Crippen molar-refractivity contribution in [3.63, 3.8) is 0 Å². The molecule has 0 aliphatic rings. The lowest BCUT2D eigenvalue weighted by molar-refractivity contribution is -0.159. The quantitative estimate of drug-likeness (QED) is 0.296. The lowest BCUT2D eigenvalue weighted by atomic mass is 10.2. The first kappa shape index (κ1) is 20.4. The predicted molar refractivity (Wildman–Crippen MR) is 85.6 cm³/mol. The van der Waals surface area contributed by atoms with E-state index in [9.17, 15) is 14.8 Å². The highest BCUT2D eigenvalue weighted by Crippen LogP contribution is 2.06. The highest BCUT2D eigenvalue weighted by Gasteiger charge is 2.15. The zero-order chi connectivity index (χ0) is 17.0. The lowest BCUT2D eigenvalue weighted by Gasteiger charge is -2.20. The maximum atomic E-state index is 11.6. The number of hydroxylamine groups is 2. The summed E-state index contributed by atoms with van der Waals surface area (Å²) in [5.74, 6) is -0.436. The molecule has 0 unspecified atom stereocenters. The number of ether oxygens (including phenoxy) is 1. The van der Waals surface area contributed by atoms with Crippen LogP contribution in [-0.2, 0) is 9.53 Å². The molecule has 0 radical (unpaired) electrons. The first-order valence-electron chi connectivity index (χ1n) is 7.90. The molecule has 2 N–H and O–H groups in total. The Bertz CT molecular complexity index is 362. The van der Waals surface area contributed by atoms with Crippen LogP contribution >= 0.6 is 0 Å². The van der Waals surface area contributed by atoms with E-state index in [-0.39, 0.29) is 6.54 Å². The second kappa shape index (κ2) is 11.1. The highest BCUT2D eigenvalue weighted by atomic mass is 16.6. The van der Waals surface area contributed by atoms with Crippen LogP contribution < -0.4 is 5.32 Å². The summed E-state index contributed by atoms with van der Waals surface area (Å²) >= 11 is 0. The minimum atomic E-state index is -0.536. The summed E-state index contributed by atoms with van der Waals surface area (Å²) in [7, 11) is 0. The average molecular weight is 314 g/mol. The lowest BCUT2D eigenvalue weighted by Crippen LogP contribution is -2.34. The molecular formula is C16H30N2O4. The standard InChI is InChI=1S/C16H30N2O4/c1-5-6-7-8-9-11-14(19)18(21)13-10-12-17-15(20)22-16(2,3)4/h9,11,21H,5-8,10,12-13H2,1-4H3,(H,17,20)/b11-9+. The number of alkyl carbamates (subject to hydrolysis) is 1. The van der Waals surface area contributed by atoms with Crippen molar-refractivity contribution in [3.8, 4) is 0 Å². The Labute approximate surface area is 133 Å². The van der Waals surface area contributed by atoms with Crippen LogP contribution in [0.5, 0.6) is 0 Å². The Hall–Kier alpha value is -1.56. The van der Waals surface area contributed by atoms with Gasteiger partial charge in [0.2, 0.25) is 0 Å². The van der Waals surface area contributed by atoms with E-state index in [0.29, 0.717) is 18.0 Å². The Morgan fingerprint density at radius 3 is 2.50 bits per heavy atom. The van der Waals surface area contributed by atoms with E-state index < -0.39 is 17.6 Å². The number of unbranched alkanes of at least 4 members (excludes halogenated alkanes) is 3. The molecule has 6 heteroatoms. The second-order valence-electron chi connectivity index (χ2n) is 6.14. The predicted octanol–water partition coefficient (Wildman–Crippen LogP) is 3.26. The van der Waals surface area contributed by atoms with Crippen LogP contribution in [0.1, 0.15) is 59.8 Å². The monoisotopic (exact) mass is 314 g/mol. The van der Waals surface area contributed by atoms with E-state index in [2.05, 4.69) is 12.2 Å². The zero-order valence-corrected chi connectivity index (χ0v) is 14.2. The SMILES string of the molecule is CCCCC/C=C/C(=O)N(O)CCCNC(=O)OC(C)(C)C. The number of rotatable bonds is 9. The Kier molecular flexibility index (Phi) is 10.3. The summed E-state index contributed by atoms with van der Waals surface area (Å²) in [6.45, 7) is 7.97. The third-order valence-corrected chi connectivity index (χ3v) is 2.70. The smallest absolute Gasteiger partial charge is 0.407 e. The summed E-state index contributed by atoms with van der Waals surface area (Å²) in [5, 5.41) is 12.8. The van der Waals surface area contributed by atoms with E-state index in [0.717, 1.165) is 25.7 Å². The van der Waals surface area contributed by atoms with Gasteiger partial charge in [-0.05, 0) is 40.0 Å². The molecule has 0 aromatic rings. The fraction of sp³-hybridized carbons (Fsp3) is 0.750. The Balaban J connectivity index is 3.78. The molecule has 2 amide bonds. The van der Waals surface area contributed by atoms with Crippen molar-refractivity contribution in [2.24, 2.45) is 0 Å². The minimum absolute atomic E-state index is 0.161. The number of allylic oxidation sites excluding steroid dienone is 1. The largest absolute Gasteiger partial charge is 0.444 e. The summed E-state index contributed by atoms with van der Waals surface area (Å²) < 4.78 is 5.07. The fourth-order valence-corrected chi connectivity index (χ4v) is 1.63. The first-order chi connectivity index (χ1) is 10.3. The van der Waals surface area contributed by atoms with Gasteiger partial charge in [0.05, 0.1) is 6.54 Å². The van der Waals surface area contributed by atoms with Crippen LogP contribution in [0.3, 0.4) is 0 Å². The summed E-state index contributed by atoms with van der Waals surface area (Å²) in [5.41, 5.74) is -0.536. The highest BCUT2D eigenvalue weighted by molar-refractivity contribution is 5.86. The van der Waals surface area contributed by atoms with Gasteiger partial charge in [-0.15, -0.1) is 0 Å². The van der Waals surface area contributed by atoms with Crippen LogP contribution in [0.4, 0.5) is 4.79 Å². The molecule has 0 fully saturated rings. The van der Waals surface area contributed by atoms with Gasteiger partial charge in [-0.2, -0.15) is 0 Å². The molecule has 0 saturated heterocycles. The van der Waals surface area contributed by atoms with Crippen molar-refractivity contribution >= 4 is 12.0 Å². The average Bonchev–Trinajstić information content (AvgIpc) is 2.41. The number of amides is 2. The number of carbonyl (C=O) groups excluding carboxylic acids is 2. The van der Waals surface area contributed by atoms with Crippen LogP contribution in [-0.4, -0.2) is 41.0 Å². The topological polar surface area (TPSA) is 78.9 Å². The molecule has 0 saturated carbocycles. The van der Waals surface area contributed by atoms with E-state index in [1.807, 2.05) is 0 Å². The van der Waals surface area contributed by atoms with Crippen molar-refractivity contribution in [3.05, 3.63) is 12.2 Å². The van der Waals surface area contributed by atoms with Crippen LogP contribution in [0, 0.1) is 0 Å². The van der Waals surface area contributed by atoms with Gasteiger partial charge in [0.1, 0.15) is 5.60 Å². The number of nitrogens with one attached hydrogen (secondary N) is 1. The normalized spacial score (nSPS) is 11.5. The van der Waals surface area contributed by atoms with Crippen molar-refractivity contribution in [2.45, 2.75) is 65.4 Å². The molecule has 0 heterocycles. The summed E-state index contributed by atoms with van der Waals surface area (Å²) in [6, 6.07) is 0. The van der Waals surface area contributed by atoms with Crippen LogP contribution in [0.2, 0.25) is 0 Å². The molecule has 6 nitrogen and oxygen atoms in total. The Morgan fingerprint density at radius 1 is 1.23 bits per heavy atom. The van der Waals surface area contributed by atoms with Gasteiger partial charge in [-0.1, -0.05) is 25.8 Å². The van der Waals surface area contributed by atoms with Gasteiger partial charge in [0, 0.05) is 12.6 Å². The van der Waals surface area contributed by atoms with Crippen LogP contribution in [0.15, 0.2) is 12.2 Å². The molecule has 0 rings (SSSR count). The van der Waals surface area contributed by atoms with Gasteiger partial charge >= 0.3 is 6.09 Å². The van der Waals surface area contributed by atoms with Crippen molar-refractivity contribution in [1.82, 2.24) is 10.4 Å². The minimum Gasteiger partial charge on any atom is -0.444 e. The molecule has 0 aliphatic carbocycles. The van der Waals surface area contributed by atoms with E-state index in [4.69, 9.17) is 4.74 Å². The molecular weight excluding hydrogens is 284 g/mol. The van der Waals surface area contributed by atoms with Gasteiger partial charge in [0.15, 0.2) is 0 Å². The number of hydrogen-bond donors (Lipinski definition) is 2. The molecule has 128 valence electrons. The van der Waals surface area contributed by atoms with E-state index in [1.54, 1.807) is 26.8 Å². The molecule has 0 aromatic carbocycles.